The number of imide groups is 1. The number of hydrogen-bond acceptors (Lipinski definition) is 6. The fourth-order valence-corrected chi connectivity index (χ4v) is 4.41. The number of fused-ring (bicyclic) bond motifs is 1. The maximum Gasteiger partial charge on any atom is 0.338 e. The lowest BCUT2D eigenvalue weighted by atomic mass is 10.1. The molecule has 160 valence electrons. The molecule has 1 saturated heterocycles. The van der Waals surface area contributed by atoms with Crippen LogP contribution in [0.25, 0.3) is 0 Å². The van der Waals surface area contributed by atoms with Crippen LogP contribution in [0.5, 0.6) is 0 Å². The highest BCUT2D eigenvalue weighted by atomic mass is 32.2. The number of anilines is 1. The van der Waals surface area contributed by atoms with E-state index in [4.69, 9.17) is 4.74 Å². The van der Waals surface area contributed by atoms with Crippen LogP contribution in [0.4, 0.5) is 10.5 Å². The third-order valence-corrected chi connectivity index (χ3v) is 5.97. The van der Waals surface area contributed by atoms with Crippen molar-refractivity contribution in [3.63, 3.8) is 0 Å². The normalized spacial score (nSPS) is 20.3. The summed E-state index contributed by atoms with van der Waals surface area (Å²) in [5, 5.41) is 4.14. The van der Waals surface area contributed by atoms with Crippen molar-refractivity contribution in [2.24, 2.45) is 0 Å². The summed E-state index contributed by atoms with van der Waals surface area (Å²) in [5.41, 5.74) is 0.895. The Morgan fingerprint density at radius 1 is 1.17 bits per heavy atom. The van der Waals surface area contributed by atoms with E-state index in [1.54, 1.807) is 37.3 Å². The van der Waals surface area contributed by atoms with E-state index >= 15 is 0 Å². The average molecular weight is 432 g/mol. The first kappa shape index (κ1) is 21.9. The molecule has 30 heavy (non-hydrogen) atoms. The molecule has 0 aromatic heterocycles. The van der Waals surface area contributed by atoms with Crippen molar-refractivity contribution in [2.45, 2.75) is 38.0 Å². The van der Waals surface area contributed by atoms with Crippen molar-refractivity contribution in [3.05, 3.63) is 41.3 Å². The smallest absolute Gasteiger partial charge is 0.338 e. The van der Waals surface area contributed by atoms with Crippen LogP contribution in [0.3, 0.4) is 0 Å². The van der Waals surface area contributed by atoms with Gasteiger partial charge in [0.15, 0.2) is 0 Å². The number of carbonyl (C=O) groups excluding carboxylic acids is 4. The second-order valence-corrected chi connectivity index (χ2v) is 8.03. The third-order valence-electron chi connectivity index (χ3n) is 4.89. The van der Waals surface area contributed by atoms with E-state index in [-0.39, 0.29) is 25.0 Å². The van der Waals surface area contributed by atoms with E-state index < -0.39 is 23.3 Å². The molecule has 0 saturated carbocycles. The number of carbonyl (C=O) groups is 4. The van der Waals surface area contributed by atoms with E-state index in [1.807, 2.05) is 12.3 Å². The van der Waals surface area contributed by atoms with E-state index in [0.29, 0.717) is 17.8 Å². The van der Waals surface area contributed by atoms with Gasteiger partial charge < -0.3 is 15.0 Å². The number of hydrogen-bond donors (Lipinski definition) is 1. The molecule has 1 fully saturated rings. The monoisotopic (exact) mass is 431 g/mol. The molecule has 0 radical (unpaired) electrons. The Hall–Kier alpha value is -2.81. The molecule has 9 heteroatoms. The van der Waals surface area contributed by atoms with Gasteiger partial charge in [-0.2, -0.15) is 0 Å². The summed E-state index contributed by atoms with van der Waals surface area (Å²) < 4.78 is 4.94. The van der Waals surface area contributed by atoms with Gasteiger partial charge in [0.2, 0.25) is 11.8 Å². The molecule has 3 rings (SSSR count). The zero-order chi connectivity index (χ0) is 21.7. The second kappa shape index (κ2) is 9.80. The van der Waals surface area contributed by atoms with Crippen molar-refractivity contribution in [1.82, 2.24) is 9.80 Å². The number of thioether (sulfide) groups is 1. The molecule has 0 bridgehead atoms. The van der Waals surface area contributed by atoms with Gasteiger partial charge in [-0.3, -0.25) is 14.5 Å². The maximum atomic E-state index is 12.9. The number of nitrogens with zero attached hydrogens (tertiary/aromatic N) is 2. The van der Waals surface area contributed by atoms with Crippen LogP contribution in [0.1, 0.15) is 37.0 Å². The number of unbranched alkanes of at least 4 members (excludes halogenated alkanes) is 1. The van der Waals surface area contributed by atoms with Gasteiger partial charge >= 0.3 is 12.0 Å². The Balaban J connectivity index is 1.67. The number of rotatable bonds is 8. The van der Waals surface area contributed by atoms with Crippen LogP contribution >= 0.6 is 11.8 Å². The lowest BCUT2D eigenvalue weighted by molar-refractivity contribution is -0.132. The molecule has 1 aromatic carbocycles. The Kier molecular flexibility index (Phi) is 7.15. The number of amides is 4. The van der Waals surface area contributed by atoms with Gasteiger partial charge in [-0.25, -0.2) is 9.59 Å². The maximum absolute atomic E-state index is 12.9. The first-order valence-electron chi connectivity index (χ1n) is 9.97. The second-order valence-electron chi connectivity index (χ2n) is 6.98. The van der Waals surface area contributed by atoms with Crippen molar-refractivity contribution < 1.29 is 23.9 Å². The lowest BCUT2D eigenvalue weighted by Gasteiger charge is -2.40. The molecular formula is C21H25N3O5S. The first-order valence-corrected chi connectivity index (χ1v) is 10.9. The molecule has 2 unspecified atom stereocenters. The molecule has 0 aliphatic carbocycles. The van der Waals surface area contributed by atoms with Crippen LogP contribution < -0.4 is 5.32 Å². The summed E-state index contributed by atoms with van der Waals surface area (Å²) in [5.74, 6) is -0.997. The fraction of sp³-hybridized carbons (Fsp3) is 0.429. The standard InChI is InChI=1S/C21H25N3O5S/c1-3-5-11-23-19(26)18-16(10-12-30-18)24(21(23)28)13-17(25)22-15-8-6-14(7-9-15)20(27)29-4-2/h6-10,12,16,18H,3-5,11,13H2,1-2H3,(H,22,25). The minimum Gasteiger partial charge on any atom is -0.462 e. The van der Waals surface area contributed by atoms with Gasteiger partial charge in [0.25, 0.3) is 0 Å². The number of urea groups is 1. The van der Waals surface area contributed by atoms with Crippen molar-refractivity contribution in [1.29, 1.82) is 0 Å². The summed E-state index contributed by atoms with van der Waals surface area (Å²) in [7, 11) is 0. The van der Waals surface area contributed by atoms with E-state index in [9.17, 15) is 19.2 Å². The Bertz CT molecular complexity index is 855. The molecule has 0 spiro atoms. The van der Waals surface area contributed by atoms with E-state index in [0.717, 1.165) is 12.8 Å². The van der Waals surface area contributed by atoms with Crippen LogP contribution in [-0.4, -0.2) is 64.6 Å². The predicted molar refractivity (Wildman–Crippen MR) is 114 cm³/mol. The van der Waals surface area contributed by atoms with Crippen molar-refractivity contribution in [3.8, 4) is 0 Å². The van der Waals surface area contributed by atoms with Crippen molar-refractivity contribution in [2.75, 3.05) is 25.0 Å². The Morgan fingerprint density at radius 3 is 2.57 bits per heavy atom. The Labute approximate surface area is 179 Å². The van der Waals surface area contributed by atoms with Crippen LogP contribution in [0.15, 0.2) is 35.7 Å². The highest BCUT2D eigenvalue weighted by Crippen LogP contribution is 2.34. The van der Waals surface area contributed by atoms with Gasteiger partial charge in [0, 0.05) is 12.2 Å². The summed E-state index contributed by atoms with van der Waals surface area (Å²) in [6, 6.07) is 5.48. The quantitative estimate of drug-likeness (QED) is 0.636. The summed E-state index contributed by atoms with van der Waals surface area (Å²) in [6.45, 7) is 4.19. The fourth-order valence-electron chi connectivity index (χ4n) is 3.35. The highest BCUT2D eigenvalue weighted by Gasteiger charge is 2.47. The van der Waals surface area contributed by atoms with Crippen LogP contribution in [0.2, 0.25) is 0 Å². The largest absolute Gasteiger partial charge is 0.462 e. The van der Waals surface area contributed by atoms with Gasteiger partial charge in [0.05, 0.1) is 18.2 Å². The minimum atomic E-state index is -0.436. The number of esters is 1. The summed E-state index contributed by atoms with van der Waals surface area (Å²) in [6.07, 6.45) is 3.38. The zero-order valence-electron chi connectivity index (χ0n) is 17.0. The first-order chi connectivity index (χ1) is 14.5. The molecule has 8 nitrogen and oxygen atoms in total. The molecule has 1 N–H and O–H groups in total. The third kappa shape index (κ3) is 4.67. The number of nitrogens with one attached hydrogen (secondary N) is 1. The summed E-state index contributed by atoms with van der Waals surface area (Å²) >= 11 is 1.38. The zero-order valence-corrected chi connectivity index (χ0v) is 17.8. The van der Waals surface area contributed by atoms with Gasteiger partial charge in [-0.05, 0) is 43.0 Å². The highest BCUT2D eigenvalue weighted by molar-refractivity contribution is 8.03. The lowest BCUT2D eigenvalue weighted by Crippen LogP contribution is -2.63. The van der Waals surface area contributed by atoms with E-state index in [1.165, 1.54) is 21.6 Å². The molecule has 2 atom stereocenters. The van der Waals surface area contributed by atoms with Crippen LogP contribution in [0, 0.1) is 0 Å². The molecule has 2 heterocycles. The topological polar surface area (TPSA) is 96.0 Å². The van der Waals surface area contributed by atoms with E-state index in [2.05, 4.69) is 5.32 Å². The SMILES string of the molecule is CCCCN1C(=O)C2SC=CC2N(CC(=O)Nc2ccc(C(=O)OCC)cc2)C1=O. The van der Waals surface area contributed by atoms with Gasteiger partial charge in [-0.1, -0.05) is 19.4 Å². The number of ether oxygens (including phenoxy) is 1. The number of benzene rings is 1. The molecule has 2 aliphatic heterocycles. The molecule has 4 amide bonds. The summed E-state index contributed by atoms with van der Waals surface area (Å²) in [4.78, 5) is 52.6. The molecular weight excluding hydrogens is 406 g/mol. The molecule has 1 aromatic rings. The average Bonchev–Trinajstić information content (AvgIpc) is 3.22. The Morgan fingerprint density at radius 2 is 1.90 bits per heavy atom. The predicted octanol–water partition coefficient (Wildman–Crippen LogP) is 2.86. The minimum absolute atomic E-state index is 0.166. The molecule has 2 aliphatic rings. The van der Waals surface area contributed by atoms with Crippen molar-refractivity contribution >= 4 is 41.3 Å². The van der Waals surface area contributed by atoms with Crippen LogP contribution in [-0.2, 0) is 14.3 Å². The van der Waals surface area contributed by atoms with Gasteiger partial charge in [0.1, 0.15) is 11.8 Å². The van der Waals surface area contributed by atoms with Gasteiger partial charge in [-0.15, -0.1) is 11.8 Å².